The quantitative estimate of drug-likeness (QED) is 0.942. The molecule has 1 atom stereocenters. The van der Waals surface area contributed by atoms with Crippen LogP contribution in [0.15, 0.2) is 24.3 Å². The molecule has 0 bridgehead atoms. The Balaban J connectivity index is 1.82. The second-order valence-corrected chi connectivity index (χ2v) is 6.64. The summed E-state index contributed by atoms with van der Waals surface area (Å²) in [6.45, 7) is 6.82. The second kappa shape index (κ2) is 6.14. The summed E-state index contributed by atoms with van der Waals surface area (Å²) in [6, 6.07) is 6.52. The summed E-state index contributed by atoms with van der Waals surface area (Å²) in [5.41, 5.74) is 3.42. The highest BCUT2D eigenvalue weighted by atomic mass is 19.1. The molecule has 1 aliphatic rings. The van der Waals surface area contributed by atoms with Gasteiger partial charge in [0.15, 0.2) is 0 Å². The van der Waals surface area contributed by atoms with E-state index in [1.165, 1.54) is 12.1 Å². The highest BCUT2D eigenvalue weighted by Gasteiger charge is 2.29. The van der Waals surface area contributed by atoms with Gasteiger partial charge in [0.1, 0.15) is 11.5 Å². The highest BCUT2D eigenvalue weighted by Crippen LogP contribution is 2.31. The minimum Gasteiger partial charge on any atom is -0.330 e. The van der Waals surface area contributed by atoms with E-state index >= 15 is 0 Å². The number of carbonyl (C=O) groups excluding carboxylic acids is 1. The van der Waals surface area contributed by atoms with Crippen LogP contribution in [0.1, 0.15) is 54.1 Å². The van der Waals surface area contributed by atoms with Gasteiger partial charge < -0.3 is 4.90 Å². The first-order valence-electron chi connectivity index (χ1n) is 8.09. The Labute approximate surface area is 135 Å². The van der Waals surface area contributed by atoms with Crippen molar-refractivity contribution in [2.75, 3.05) is 6.54 Å². The van der Waals surface area contributed by atoms with Crippen LogP contribution in [0, 0.1) is 11.7 Å². The predicted molar refractivity (Wildman–Crippen MR) is 86.7 cm³/mol. The van der Waals surface area contributed by atoms with Gasteiger partial charge in [0, 0.05) is 12.2 Å². The van der Waals surface area contributed by atoms with Crippen molar-refractivity contribution < 1.29 is 9.18 Å². The van der Waals surface area contributed by atoms with Crippen LogP contribution in [-0.2, 0) is 12.8 Å². The topological polar surface area (TPSA) is 49.0 Å². The van der Waals surface area contributed by atoms with Crippen LogP contribution >= 0.6 is 0 Å². The molecule has 0 radical (unpaired) electrons. The van der Waals surface area contributed by atoms with Gasteiger partial charge in [-0.3, -0.25) is 9.89 Å². The number of halogens is 1. The fraction of sp³-hybridized carbons (Fsp3) is 0.444. The van der Waals surface area contributed by atoms with Crippen LogP contribution in [0.5, 0.6) is 0 Å². The number of rotatable bonds is 3. The largest absolute Gasteiger partial charge is 0.330 e. The molecule has 1 amide bonds. The van der Waals surface area contributed by atoms with E-state index in [9.17, 15) is 9.18 Å². The van der Waals surface area contributed by atoms with Gasteiger partial charge >= 0.3 is 0 Å². The monoisotopic (exact) mass is 315 g/mol. The van der Waals surface area contributed by atoms with Crippen molar-refractivity contribution >= 4 is 5.91 Å². The van der Waals surface area contributed by atoms with E-state index in [0.717, 1.165) is 29.7 Å². The number of aromatic amines is 1. The van der Waals surface area contributed by atoms with Crippen molar-refractivity contribution in [3.05, 3.63) is 52.6 Å². The molecule has 23 heavy (non-hydrogen) atoms. The summed E-state index contributed by atoms with van der Waals surface area (Å²) in [7, 11) is 0. The Kier molecular flexibility index (Phi) is 4.20. The maximum absolute atomic E-state index is 13.5. The Morgan fingerprint density at radius 3 is 2.96 bits per heavy atom. The lowest BCUT2D eigenvalue weighted by atomic mass is 9.93. The first kappa shape index (κ1) is 15.7. The van der Waals surface area contributed by atoms with Crippen LogP contribution in [0.3, 0.4) is 0 Å². The third-order valence-electron chi connectivity index (χ3n) is 4.39. The van der Waals surface area contributed by atoms with Crippen molar-refractivity contribution in [2.45, 2.75) is 39.7 Å². The van der Waals surface area contributed by atoms with E-state index < -0.39 is 0 Å². The molecule has 5 heteroatoms. The summed E-state index contributed by atoms with van der Waals surface area (Å²) >= 11 is 0. The molecule has 1 aromatic heterocycles. The van der Waals surface area contributed by atoms with Crippen LogP contribution in [0.2, 0.25) is 0 Å². The van der Waals surface area contributed by atoms with Gasteiger partial charge in [0.2, 0.25) is 0 Å². The molecule has 0 saturated heterocycles. The lowest BCUT2D eigenvalue weighted by molar-refractivity contribution is 0.0671. The molecule has 0 spiro atoms. The zero-order chi connectivity index (χ0) is 16.6. The van der Waals surface area contributed by atoms with E-state index in [4.69, 9.17) is 0 Å². The van der Waals surface area contributed by atoms with Crippen molar-refractivity contribution in [2.24, 2.45) is 5.92 Å². The van der Waals surface area contributed by atoms with Gasteiger partial charge in [-0.15, -0.1) is 0 Å². The fourth-order valence-corrected chi connectivity index (χ4v) is 3.22. The minimum atomic E-state index is -0.260. The number of H-pyrrole nitrogens is 1. The number of fused-ring (bicyclic) bond motifs is 1. The Bertz CT molecular complexity index is 723. The zero-order valence-electron chi connectivity index (χ0n) is 13.8. The van der Waals surface area contributed by atoms with Crippen molar-refractivity contribution in [3.63, 3.8) is 0 Å². The number of amides is 1. The SMILES string of the molecule is CC(C)Cc1cc(C(=O)N2CCc3ccc(F)cc3[C@H]2C)n[nH]1. The summed E-state index contributed by atoms with van der Waals surface area (Å²) in [5.74, 6) is 0.143. The normalized spacial score (nSPS) is 17.4. The number of hydrogen-bond acceptors (Lipinski definition) is 2. The maximum Gasteiger partial charge on any atom is 0.274 e. The number of benzene rings is 1. The first-order valence-corrected chi connectivity index (χ1v) is 8.09. The molecule has 2 heterocycles. The second-order valence-electron chi connectivity index (χ2n) is 6.64. The number of aromatic nitrogens is 2. The Morgan fingerprint density at radius 1 is 1.43 bits per heavy atom. The van der Waals surface area contributed by atoms with Gasteiger partial charge in [0.05, 0.1) is 6.04 Å². The molecule has 0 unspecified atom stereocenters. The lowest BCUT2D eigenvalue weighted by Crippen LogP contribution is -2.39. The summed E-state index contributed by atoms with van der Waals surface area (Å²) in [6.07, 6.45) is 1.61. The summed E-state index contributed by atoms with van der Waals surface area (Å²) in [5, 5.41) is 7.10. The molecule has 1 aliphatic heterocycles. The van der Waals surface area contributed by atoms with E-state index in [1.807, 2.05) is 19.1 Å². The number of carbonyl (C=O) groups is 1. The number of nitrogens with zero attached hydrogens (tertiary/aromatic N) is 2. The molecular formula is C18H22FN3O. The first-order chi connectivity index (χ1) is 11.0. The third kappa shape index (κ3) is 3.14. The van der Waals surface area contributed by atoms with E-state index in [0.29, 0.717) is 18.2 Å². The number of hydrogen-bond donors (Lipinski definition) is 1. The standard InChI is InChI=1S/C18H22FN3O/c1-11(2)8-15-10-17(21-20-15)18(23)22-7-6-13-4-5-14(19)9-16(13)12(22)3/h4-5,9-12H,6-8H2,1-3H3,(H,20,21)/t12-/m1/s1. The highest BCUT2D eigenvalue weighted by molar-refractivity contribution is 5.92. The van der Waals surface area contributed by atoms with Crippen LogP contribution < -0.4 is 0 Å². The molecule has 1 N–H and O–H groups in total. The molecule has 3 rings (SSSR count). The molecule has 0 aliphatic carbocycles. The van der Waals surface area contributed by atoms with Gasteiger partial charge in [-0.05, 0) is 55.0 Å². The average Bonchev–Trinajstić information content (AvgIpc) is 2.95. The van der Waals surface area contributed by atoms with Crippen molar-refractivity contribution in [1.29, 1.82) is 0 Å². The van der Waals surface area contributed by atoms with Gasteiger partial charge in [-0.25, -0.2) is 4.39 Å². The minimum absolute atomic E-state index is 0.0985. The van der Waals surface area contributed by atoms with Gasteiger partial charge in [-0.1, -0.05) is 19.9 Å². The van der Waals surface area contributed by atoms with E-state index in [2.05, 4.69) is 24.0 Å². The van der Waals surface area contributed by atoms with Crippen LogP contribution in [-0.4, -0.2) is 27.5 Å². The molecule has 2 aromatic rings. The van der Waals surface area contributed by atoms with Crippen LogP contribution in [0.4, 0.5) is 4.39 Å². The maximum atomic E-state index is 13.5. The van der Waals surface area contributed by atoms with Gasteiger partial charge in [0.25, 0.3) is 5.91 Å². The average molecular weight is 315 g/mol. The van der Waals surface area contributed by atoms with Crippen LogP contribution in [0.25, 0.3) is 0 Å². The zero-order valence-corrected chi connectivity index (χ0v) is 13.8. The lowest BCUT2D eigenvalue weighted by Gasteiger charge is -2.34. The molecule has 4 nitrogen and oxygen atoms in total. The Hall–Kier alpha value is -2.17. The third-order valence-corrected chi connectivity index (χ3v) is 4.39. The van der Waals surface area contributed by atoms with E-state index in [1.54, 1.807) is 4.90 Å². The molecule has 0 fully saturated rings. The summed E-state index contributed by atoms with van der Waals surface area (Å²) < 4.78 is 13.5. The van der Waals surface area contributed by atoms with E-state index in [-0.39, 0.29) is 17.8 Å². The summed E-state index contributed by atoms with van der Waals surface area (Å²) in [4.78, 5) is 14.5. The van der Waals surface area contributed by atoms with Crippen molar-refractivity contribution in [3.8, 4) is 0 Å². The van der Waals surface area contributed by atoms with Crippen molar-refractivity contribution in [1.82, 2.24) is 15.1 Å². The molecule has 1 aromatic carbocycles. The van der Waals surface area contributed by atoms with Gasteiger partial charge in [-0.2, -0.15) is 5.10 Å². The molecular weight excluding hydrogens is 293 g/mol. The Morgan fingerprint density at radius 2 is 2.22 bits per heavy atom. The predicted octanol–water partition coefficient (Wildman–Crippen LogP) is 3.51. The fourth-order valence-electron chi connectivity index (χ4n) is 3.22. The molecule has 122 valence electrons. The molecule has 0 saturated carbocycles. The number of nitrogens with one attached hydrogen (secondary N) is 1. The smallest absolute Gasteiger partial charge is 0.274 e.